The zero-order valence-corrected chi connectivity index (χ0v) is 24.5. The SMILES string of the molecule is CC.CC.CC.CN=Nc1ccc(S(=O)(=O)NC)cc1.Cn1ccccc1=O.II. The van der Waals surface area contributed by atoms with Crippen LogP contribution in [0, 0.1) is 0 Å². The van der Waals surface area contributed by atoms with Gasteiger partial charge < -0.3 is 4.57 Å². The minimum Gasteiger partial charge on any atom is -0.319 e. The molecule has 0 aliphatic carbocycles. The van der Waals surface area contributed by atoms with Crippen LogP contribution in [0.5, 0.6) is 0 Å². The Morgan fingerprint density at radius 3 is 1.67 bits per heavy atom. The van der Waals surface area contributed by atoms with Gasteiger partial charge in [-0.05, 0) is 37.4 Å². The number of hydrogen-bond donors (Lipinski definition) is 1. The molecule has 0 radical (unpaired) electrons. The van der Waals surface area contributed by atoms with Crippen molar-refractivity contribution in [1.29, 1.82) is 0 Å². The minimum absolute atomic E-state index is 0.0347. The molecule has 7 nitrogen and oxygen atoms in total. The number of aryl methyl sites for hydroxylation is 1. The summed E-state index contributed by atoms with van der Waals surface area (Å²) in [6.07, 6.45) is 1.72. The van der Waals surface area contributed by atoms with Gasteiger partial charge in [0.1, 0.15) is 0 Å². The van der Waals surface area contributed by atoms with E-state index in [0.717, 1.165) is 0 Å². The smallest absolute Gasteiger partial charge is 0.250 e. The van der Waals surface area contributed by atoms with E-state index in [1.165, 1.54) is 29.8 Å². The maximum Gasteiger partial charge on any atom is 0.250 e. The second kappa shape index (κ2) is 26.2. The fourth-order valence-corrected chi connectivity index (χ4v) is 2.16. The van der Waals surface area contributed by atoms with E-state index in [1.807, 2.05) is 47.6 Å². The van der Waals surface area contributed by atoms with Crippen molar-refractivity contribution in [3.05, 3.63) is 59.0 Å². The fraction of sp³-hybridized carbons (Fsp3) is 0.450. The molecule has 0 saturated carbocycles. The Bertz CT molecular complexity index is 794. The van der Waals surface area contributed by atoms with Crippen LogP contribution in [0.4, 0.5) is 5.69 Å². The highest BCUT2D eigenvalue weighted by molar-refractivity contribution is 15.0. The summed E-state index contributed by atoms with van der Waals surface area (Å²) in [6, 6.07) is 11.2. The van der Waals surface area contributed by atoms with Crippen LogP contribution in [-0.2, 0) is 17.1 Å². The summed E-state index contributed by atoms with van der Waals surface area (Å²) in [6.45, 7) is 12.0. The van der Waals surface area contributed by atoms with Crippen molar-refractivity contribution < 1.29 is 8.42 Å². The molecule has 2 aromatic rings. The first-order valence-corrected chi connectivity index (χ1v) is 17.3. The van der Waals surface area contributed by atoms with Crippen LogP contribution < -0.4 is 10.3 Å². The fourth-order valence-electron chi connectivity index (χ4n) is 1.43. The van der Waals surface area contributed by atoms with Gasteiger partial charge in [-0.25, -0.2) is 13.1 Å². The number of pyridine rings is 1. The van der Waals surface area contributed by atoms with Crippen molar-refractivity contribution in [3.63, 3.8) is 0 Å². The number of sulfonamides is 1. The van der Waals surface area contributed by atoms with Crippen LogP contribution in [0.15, 0.2) is 68.6 Å². The molecule has 0 atom stereocenters. The third kappa shape index (κ3) is 18.0. The Balaban J connectivity index is -0.000000180. The number of nitrogens with one attached hydrogen (secondary N) is 1. The molecule has 1 heterocycles. The summed E-state index contributed by atoms with van der Waals surface area (Å²) in [5.41, 5.74) is 0.662. The van der Waals surface area contributed by atoms with E-state index in [9.17, 15) is 13.2 Å². The molecule has 1 aromatic carbocycles. The monoisotopic (exact) mass is 666 g/mol. The van der Waals surface area contributed by atoms with Gasteiger partial charge in [0.2, 0.25) is 15.6 Å². The minimum atomic E-state index is -3.35. The molecule has 1 N–H and O–H groups in total. The van der Waals surface area contributed by atoms with E-state index in [2.05, 4.69) is 52.2 Å². The molecule has 0 saturated heterocycles. The van der Waals surface area contributed by atoms with Crippen LogP contribution in [0.2, 0.25) is 0 Å². The summed E-state index contributed by atoms with van der Waals surface area (Å²) in [5, 5.41) is 7.34. The van der Waals surface area contributed by atoms with E-state index in [-0.39, 0.29) is 10.5 Å². The lowest BCUT2D eigenvalue weighted by Gasteiger charge is -2.01. The average molecular weight is 666 g/mol. The highest BCUT2D eigenvalue weighted by Crippen LogP contribution is 2.16. The van der Waals surface area contributed by atoms with Gasteiger partial charge in [0, 0.05) is 63.6 Å². The molecule has 0 fully saturated rings. The molecule has 0 unspecified atom stereocenters. The molecule has 0 amide bonds. The molecular formula is C20H36I2N4O3S. The summed E-state index contributed by atoms with van der Waals surface area (Å²) in [7, 11) is 1.30. The van der Waals surface area contributed by atoms with E-state index >= 15 is 0 Å². The molecule has 174 valence electrons. The lowest BCUT2D eigenvalue weighted by molar-refractivity contribution is 0.588. The van der Waals surface area contributed by atoms with E-state index in [0.29, 0.717) is 5.69 Å². The number of benzene rings is 1. The maximum atomic E-state index is 11.3. The van der Waals surface area contributed by atoms with Gasteiger partial charge in [0.15, 0.2) is 0 Å². The molecule has 0 aliphatic rings. The normalized spacial score (nSPS) is 8.90. The van der Waals surface area contributed by atoms with Gasteiger partial charge in [-0.1, -0.05) is 47.6 Å². The van der Waals surface area contributed by atoms with Gasteiger partial charge in [0.05, 0.1) is 10.6 Å². The Morgan fingerprint density at radius 2 is 1.37 bits per heavy atom. The molecule has 2 rings (SSSR count). The van der Waals surface area contributed by atoms with Gasteiger partial charge in [-0.3, -0.25) is 4.79 Å². The quantitative estimate of drug-likeness (QED) is 0.298. The van der Waals surface area contributed by atoms with Crippen molar-refractivity contribution >= 4 is 52.9 Å². The van der Waals surface area contributed by atoms with Crippen molar-refractivity contribution in [1.82, 2.24) is 9.29 Å². The standard InChI is InChI=1S/C8H11N3O2S.C6H7NO.3C2H6.I2/c1-9-11-7-3-5-8(6-4-7)14(12,13)10-2;1-7-5-3-2-4-6(7)8;4*1-2/h3-6,10H,1-2H3;2-5H,1H3;3*1-2H3;. The Labute approximate surface area is 206 Å². The second-order valence-corrected chi connectivity index (χ2v) is 6.04. The Morgan fingerprint density at radius 1 is 0.900 bits per heavy atom. The summed E-state index contributed by atoms with van der Waals surface area (Å²) >= 11 is 4.24. The lowest BCUT2D eigenvalue weighted by atomic mass is 10.3. The highest BCUT2D eigenvalue weighted by Gasteiger charge is 2.09. The van der Waals surface area contributed by atoms with E-state index in [1.54, 1.807) is 38.5 Å². The Kier molecular flexibility index (Phi) is 31.9. The predicted octanol–water partition coefficient (Wildman–Crippen LogP) is 6.54. The number of halogens is 2. The van der Waals surface area contributed by atoms with Gasteiger partial charge in [-0.2, -0.15) is 10.2 Å². The average Bonchev–Trinajstić information content (AvgIpc) is 2.82. The maximum absolute atomic E-state index is 11.3. The first-order chi connectivity index (χ1) is 14.4. The van der Waals surface area contributed by atoms with Crippen molar-refractivity contribution in [2.24, 2.45) is 17.3 Å². The number of rotatable bonds is 3. The zero-order chi connectivity index (χ0) is 24.6. The van der Waals surface area contributed by atoms with Crippen LogP contribution in [0.1, 0.15) is 41.5 Å². The molecule has 30 heavy (non-hydrogen) atoms. The van der Waals surface area contributed by atoms with Crippen LogP contribution in [-0.4, -0.2) is 27.1 Å². The number of nitrogens with zero attached hydrogens (tertiary/aromatic N) is 3. The first-order valence-electron chi connectivity index (χ1n) is 9.50. The molecule has 0 aliphatic heterocycles. The van der Waals surface area contributed by atoms with E-state index < -0.39 is 10.0 Å². The van der Waals surface area contributed by atoms with Crippen molar-refractivity contribution in [3.8, 4) is 0 Å². The second-order valence-electron chi connectivity index (χ2n) is 4.15. The largest absolute Gasteiger partial charge is 0.319 e. The Hall–Kier alpha value is -0.860. The van der Waals surface area contributed by atoms with Crippen molar-refractivity contribution in [2.45, 2.75) is 46.4 Å². The summed E-state index contributed by atoms with van der Waals surface area (Å²) in [4.78, 5) is 10.8. The summed E-state index contributed by atoms with van der Waals surface area (Å²) in [5.74, 6) is 0. The van der Waals surface area contributed by atoms with Crippen LogP contribution in [0.25, 0.3) is 0 Å². The van der Waals surface area contributed by atoms with Crippen LogP contribution >= 0.6 is 37.2 Å². The highest BCUT2D eigenvalue weighted by atomic mass is 128. The van der Waals surface area contributed by atoms with Gasteiger partial charge in [0.25, 0.3) is 0 Å². The van der Waals surface area contributed by atoms with E-state index in [4.69, 9.17) is 0 Å². The molecule has 10 heteroatoms. The lowest BCUT2D eigenvalue weighted by Crippen LogP contribution is -2.18. The third-order valence-electron chi connectivity index (χ3n) is 2.64. The first kappa shape index (κ1) is 36.5. The zero-order valence-electron chi connectivity index (χ0n) is 19.3. The van der Waals surface area contributed by atoms with Gasteiger partial charge >= 0.3 is 0 Å². The summed E-state index contributed by atoms with van der Waals surface area (Å²) < 4.78 is 26.4. The third-order valence-corrected chi connectivity index (χ3v) is 4.07. The van der Waals surface area contributed by atoms with Gasteiger partial charge in [-0.15, -0.1) is 0 Å². The van der Waals surface area contributed by atoms with Crippen LogP contribution in [0.3, 0.4) is 0 Å². The number of azo groups is 1. The molecule has 1 aromatic heterocycles. The molecule has 0 spiro atoms. The number of hydrogen-bond acceptors (Lipinski definition) is 5. The van der Waals surface area contributed by atoms with Crippen molar-refractivity contribution in [2.75, 3.05) is 14.1 Å². The molecular weight excluding hydrogens is 630 g/mol. The topological polar surface area (TPSA) is 92.9 Å². The molecule has 0 bridgehead atoms. The predicted molar refractivity (Wildman–Crippen MR) is 147 cm³/mol. The number of aromatic nitrogens is 1.